The normalized spacial score (nSPS) is 17.5. The number of hydrogen-bond acceptors (Lipinski definition) is 6. The van der Waals surface area contributed by atoms with E-state index in [1.165, 1.54) is 4.80 Å². The number of carboxylic acid groups (broad SMARTS) is 1. The highest BCUT2D eigenvalue weighted by Crippen LogP contribution is 2.28. The van der Waals surface area contributed by atoms with E-state index >= 15 is 0 Å². The fourth-order valence-electron chi connectivity index (χ4n) is 3.21. The fraction of sp³-hybridized carbons (Fsp3) is 0.471. The van der Waals surface area contributed by atoms with Gasteiger partial charge in [-0.25, -0.2) is 4.79 Å². The van der Waals surface area contributed by atoms with Gasteiger partial charge in [0.1, 0.15) is 5.75 Å². The number of nitrogens with zero attached hydrogens (tertiary/aromatic N) is 4. The summed E-state index contributed by atoms with van der Waals surface area (Å²) in [7, 11) is 1.57. The molecule has 0 amide bonds. The smallest absolute Gasteiger partial charge is 0.360 e. The summed E-state index contributed by atoms with van der Waals surface area (Å²) in [5.41, 5.74) is 0.552. The van der Waals surface area contributed by atoms with Crippen molar-refractivity contribution in [2.24, 2.45) is 0 Å². The SMILES string of the molecule is COc1cccc(-n2nc(C(=O)O)c(N3CCCCC3CCO)n2)c1. The Morgan fingerprint density at radius 1 is 1.36 bits per heavy atom. The summed E-state index contributed by atoms with van der Waals surface area (Å²) in [6.07, 6.45) is 3.53. The maximum Gasteiger partial charge on any atom is 0.360 e. The molecule has 134 valence electrons. The van der Waals surface area contributed by atoms with Crippen LogP contribution in [-0.4, -0.2) is 57.5 Å². The summed E-state index contributed by atoms with van der Waals surface area (Å²) in [6, 6.07) is 7.21. The van der Waals surface area contributed by atoms with Crippen LogP contribution in [0.2, 0.25) is 0 Å². The summed E-state index contributed by atoms with van der Waals surface area (Å²) < 4.78 is 5.20. The summed E-state index contributed by atoms with van der Waals surface area (Å²) in [5, 5.41) is 27.5. The van der Waals surface area contributed by atoms with Gasteiger partial charge in [0.2, 0.25) is 5.69 Å². The van der Waals surface area contributed by atoms with Gasteiger partial charge in [0.15, 0.2) is 5.82 Å². The molecule has 0 radical (unpaired) electrons. The molecule has 1 aliphatic heterocycles. The highest BCUT2D eigenvalue weighted by molar-refractivity contribution is 5.91. The van der Waals surface area contributed by atoms with Crippen molar-refractivity contribution < 1.29 is 19.7 Å². The molecule has 0 spiro atoms. The number of piperidine rings is 1. The molecule has 1 aromatic carbocycles. The van der Waals surface area contributed by atoms with E-state index in [9.17, 15) is 15.0 Å². The number of methoxy groups -OCH3 is 1. The predicted octanol–water partition coefficient (Wildman–Crippen LogP) is 1.72. The molecule has 1 saturated heterocycles. The van der Waals surface area contributed by atoms with Gasteiger partial charge in [-0.3, -0.25) is 0 Å². The number of anilines is 1. The molecule has 8 heteroatoms. The number of benzene rings is 1. The molecule has 0 bridgehead atoms. The first-order valence-corrected chi connectivity index (χ1v) is 8.36. The minimum atomic E-state index is -1.11. The van der Waals surface area contributed by atoms with Gasteiger partial charge in [0, 0.05) is 25.3 Å². The molecular weight excluding hydrogens is 324 g/mol. The van der Waals surface area contributed by atoms with E-state index in [1.807, 2.05) is 4.90 Å². The van der Waals surface area contributed by atoms with Crippen LogP contribution in [0.4, 0.5) is 5.82 Å². The first kappa shape index (κ1) is 17.2. The monoisotopic (exact) mass is 346 g/mol. The zero-order valence-corrected chi connectivity index (χ0v) is 14.1. The minimum absolute atomic E-state index is 0.0631. The fourth-order valence-corrected chi connectivity index (χ4v) is 3.21. The van der Waals surface area contributed by atoms with Crippen LogP contribution in [-0.2, 0) is 0 Å². The Hall–Kier alpha value is -2.61. The highest BCUT2D eigenvalue weighted by atomic mass is 16.5. The van der Waals surface area contributed by atoms with Gasteiger partial charge in [-0.05, 0) is 37.8 Å². The number of ether oxygens (including phenoxy) is 1. The standard InChI is InChI=1S/C17H22N4O4/c1-25-14-7-4-6-13(11-14)21-18-15(17(23)24)16(19-21)20-9-3-2-5-12(20)8-10-22/h4,6-7,11-12,22H,2-3,5,8-10H2,1H3,(H,23,24). The number of carbonyl (C=O) groups is 1. The molecule has 3 rings (SSSR count). The maximum absolute atomic E-state index is 11.7. The van der Waals surface area contributed by atoms with Gasteiger partial charge in [-0.2, -0.15) is 0 Å². The number of carboxylic acids is 1. The number of rotatable bonds is 6. The van der Waals surface area contributed by atoms with Crippen molar-refractivity contribution in [2.45, 2.75) is 31.7 Å². The van der Waals surface area contributed by atoms with E-state index in [4.69, 9.17) is 4.74 Å². The number of aromatic carboxylic acids is 1. The van der Waals surface area contributed by atoms with Crippen molar-refractivity contribution in [3.8, 4) is 11.4 Å². The Bertz CT molecular complexity index is 744. The molecule has 1 aromatic heterocycles. The maximum atomic E-state index is 11.7. The van der Waals surface area contributed by atoms with Gasteiger partial charge in [-0.15, -0.1) is 15.0 Å². The molecule has 1 fully saturated rings. The van der Waals surface area contributed by atoms with Crippen LogP contribution in [0, 0.1) is 0 Å². The zero-order chi connectivity index (χ0) is 17.8. The third-order valence-corrected chi connectivity index (χ3v) is 4.44. The third kappa shape index (κ3) is 3.58. The summed E-state index contributed by atoms with van der Waals surface area (Å²) >= 11 is 0. The lowest BCUT2D eigenvalue weighted by molar-refractivity contribution is 0.0690. The largest absolute Gasteiger partial charge is 0.497 e. The second kappa shape index (κ2) is 7.52. The molecule has 2 N–H and O–H groups in total. The lowest BCUT2D eigenvalue weighted by Crippen LogP contribution is -2.41. The lowest BCUT2D eigenvalue weighted by atomic mass is 9.99. The molecule has 8 nitrogen and oxygen atoms in total. The molecule has 0 saturated carbocycles. The summed E-state index contributed by atoms with van der Waals surface area (Å²) in [6.45, 7) is 0.773. The van der Waals surface area contributed by atoms with Gasteiger partial charge in [0.25, 0.3) is 0 Å². The van der Waals surface area contributed by atoms with E-state index in [2.05, 4.69) is 10.2 Å². The molecule has 25 heavy (non-hydrogen) atoms. The van der Waals surface area contributed by atoms with Crippen molar-refractivity contribution >= 4 is 11.8 Å². The van der Waals surface area contributed by atoms with E-state index < -0.39 is 5.97 Å². The van der Waals surface area contributed by atoms with Crippen molar-refractivity contribution in [3.63, 3.8) is 0 Å². The third-order valence-electron chi connectivity index (χ3n) is 4.44. The Labute approximate surface area is 145 Å². The van der Waals surface area contributed by atoms with E-state index in [0.717, 1.165) is 19.3 Å². The second-order valence-corrected chi connectivity index (χ2v) is 6.02. The van der Waals surface area contributed by atoms with Crippen molar-refractivity contribution in [1.82, 2.24) is 15.0 Å². The second-order valence-electron chi connectivity index (χ2n) is 6.02. The van der Waals surface area contributed by atoms with Crippen molar-refractivity contribution in [2.75, 3.05) is 25.2 Å². The molecule has 2 aromatic rings. The van der Waals surface area contributed by atoms with E-state index in [-0.39, 0.29) is 18.3 Å². The first-order chi connectivity index (χ1) is 12.1. The van der Waals surface area contributed by atoms with Gasteiger partial charge in [-0.1, -0.05) is 6.07 Å². The van der Waals surface area contributed by atoms with Crippen LogP contribution in [0.25, 0.3) is 5.69 Å². The average Bonchev–Trinajstić information content (AvgIpc) is 3.08. The zero-order valence-electron chi connectivity index (χ0n) is 14.1. The number of aliphatic hydroxyl groups is 1. The number of hydrogen-bond donors (Lipinski definition) is 2. The van der Waals surface area contributed by atoms with Crippen LogP contribution in [0.5, 0.6) is 5.75 Å². The van der Waals surface area contributed by atoms with Gasteiger partial charge in [0.05, 0.1) is 12.8 Å². The number of aromatic nitrogens is 3. The summed E-state index contributed by atoms with van der Waals surface area (Å²) in [5.74, 6) is -0.115. The lowest BCUT2D eigenvalue weighted by Gasteiger charge is -2.35. The Balaban J connectivity index is 2.00. The topological polar surface area (TPSA) is 101 Å². The highest BCUT2D eigenvalue weighted by Gasteiger charge is 2.30. The molecule has 1 aliphatic rings. The molecule has 0 aliphatic carbocycles. The molecule has 2 heterocycles. The van der Waals surface area contributed by atoms with Crippen molar-refractivity contribution in [3.05, 3.63) is 30.0 Å². The number of aliphatic hydroxyl groups excluding tert-OH is 1. The van der Waals surface area contributed by atoms with Gasteiger partial charge < -0.3 is 19.8 Å². The van der Waals surface area contributed by atoms with Crippen molar-refractivity contribution in [1.29, 1.82) is 0 Å². The van der Waals surface area contributed by atoms with Crippen LogP contribution < -0.4 is 9.64 Å². The Morgan fingerprint density at radius 2 is 2.20 bits per heavy atom. The van der Waals surface area contributed by atoms with E-state index in [1.54, 1.807) is 31.4 Å². The van der Waals surface area contributed by atoms with Gasteiger partial charge >= 0.3 is 5.97 Å². The first-order valence-electron chi connectivity index (χ1n) is 8.36. The Kier molecular flexibility index (Phi) is 5.18. The van der Waals surface area contributed by atoms with E-state index in [0.29, 0.717) is 30.2 Å². The average molecular weight is 346 g/mol. The molecular formula is C17H22N4O4. The molecule has 1 atom stereocenters. The Morgan fingerprint density at radius 3 is 2.92 bits per heavy atom. The predicted molar refractivity (Wildman–Crippen MR) is 91.6 cm³/mol. The molecule has 1 unspecified atom stereocenters. The minimum Gasteiger partial charge on any atom is -0.497 e. The van der Waals surface area contributed by atoms with Crippen LogP contribution in [0.1, 0.15) is 36.2 Å². The quantitative estimate of drug-likeness (QED) is 0.821. The van der Waals surface area contributed by atoms with Crippen LogP contribution in [0.15, 0.2) is 24.3 Å². The summed E-state index contributed by atoms with van der Waals surface area (Å²) in [4.78, 5) is 15.0. The van der Waals surface area contributed by atoms with Crippen LogP contribution >= 0.6 is 0 Å². The van der Waals surface area contributed by atoms with Crippen LogP contribution in [0.3, 0.4) is 0 Å².